The van der Waals surface area contributed by atoms with Crippen LogP contribution >= 0.6 is 0 Å². The van der Waals surface area contributed by atoms with Crippen molar-refractivity contribution in [2.24, 2.45) is 0 Å². The van der Waals surface area contributed by atoms with E-state index < -0.39 is 0 Å². The van der Waals surface area contributed by atoms with Crippen molar-refractivity contribution in [3.05, 3.63) is 58.5 Å². The van der Waals surface area contributed by atoms with Crippen LogP contribution in [0.15, 0.2) is 47.3 Å². The van der Waals surface area contributed by atoms with Gasteiger partial charge in [0.2, 0.25) is 0 Å². The molecule has 3 rings (SSSR count). The highest BCUT2D eigenvalue weighted by molar-refractivity contribution is 5.78. The van der Waals surface area contributed by atoms with Crippen LogP contribution in [0.1, 0.15) is 5.56 Å². The molecule has 3 aromatic rings. The first-order valence-electron chi connectivity index (χ1n) is 6.34. The van der Waals surface area contributed by atoms with Crippen LogP contribution in [0, 0.1) is 0 Å². The molecule has 1 aromatic heterocycles. The van der Waals surface area contributed by atoms with E-state index in [1.54, 1.807) is 7.11 Å². The first-order chi connectivity index (χ1) is 9.76. The molecule has 2 aromatic carbocycles. The Labute approximate surface area is 115 Å². The van der Waals surface area contributed by atoms with E-state index >= 15 is 0 Å². The largest absolute Gasteiger partial charge is 0.496 e. The lowest BCUT2D eigenvalue weighted by Crippen LogP contribution is -2.01. The van der Waals surface area contributed by atoms with Crippen molar-refractivity contribution >= 4 is 16.7 Å². The van der Waals surface area contributed by atoms with Gasteiger partial charge in [0.15, 0.2) is 0 Å². The Kier molecular flexibility index (Phi) is 3.16. The fourth-order valence-electron chi connectivity index (χ4n) is 2.19. The number of anilines is 1. The maximum atomic E-state index is 11.2. The number of fused-ring (bicyclic) bond motifs is 1. The van der Waals surface area contributed by atoms with Gasteiger partial charge in [-0.2, -0.15) is 0 Å². The molecule has 20 heavy (non-hydrogen) atoms. The quantitative estimate of drug-likeness (QED) is 0.681. The third-order valence-corrected chi connectivity index (χ3v) is 3.19. The number of nitrogens with one attached hydrogen (secondary N) is 3. The molecule has 5 heteroatoms. The molecule has 0 bridgehead atoms. The summed E-state index contributed by atoms with van der Waals surface area (Å²) in [6, 6.07) is 13.6. The number of hydrogen-bond donors (Lipinski definition) is 3. The summed E-state index contributed by atoms with van der Waals surface area (Å²) >= 11 is 0. The second kappa shape index (κ2) is 5.13. The fourth-order valence-corrected chi connectivity index (χ4v) is 2.19. The van der Waals surface area contributed by atoms with E-state index in [0.29, 0.717) is 6.54 Å². The Bertz CT molecular complexity index is 789. The molecule has 0 spiro atoms. The normalized spacial score (nSPS) is 10.7. The number of imidazole rings is 1. The third kappa shape index (κ3) is 2.38. The Hall–Kier alpha value is -2.69. The van der Waals surface area contributed by atoms with Crippen molar-refractivity contribution < 1.29 is 4.74 Å². The number of hydrogen-bond acceptors (Lipinski definition) is 3. The zero-order chi connectivity index (χ0) is 13.9. The molecule has 1 heterocycles. The number of aromatic amines is 2. The maximum Gasteiger partial charge on any atom is 0.323 e. The number of para-hydroxylation sites is 1. The summed E-state index contributed by atoms with van der Waals surface area (Å²) in [5, 5.41) is 3.32. The predicted octanol–water partition coefficient (Wildman–Crippen LogP) is 2.48. The van der Waals surface area contributed by atoms with Gasteiger partial charge in [-0.05, 0) is 24.3 Å². The van der Waals surface area contributed by atoms with Crippen LogP contribution in [0.4, 0.5) is 5.69 Å². The highest BCUT2D eigenvalue weighted by Gasteiger charge is 2.03. The minimum atomic E-state index is -0.193. The molecular formula is C15H15N3O2. The lowest BCUT2D eigenvalue weighted by atomic mass is 10.2. The maximum absolute atomic E-state index is 11.2. The molecule has 102 valence electrons. The van der Waals surface area contributed by atoms with E-state index in [9.17, 15) is 4.79 Å². The minimum Gasteiger partial charge on any atom is -0.496 e. The van der Waals surface area contributed by atoms with Crippen LogP contribution in [0.5, 0.6) is 5.75 Å². The fraction of sp³-hybridized carbons (Fsp3) is 0.133. The van der Waals surface area contributed by atoms with Crippen molar-refractivity contribution in [3.63, 3.8) is 0 Å². The molecule has 0 aliphatic carbocycles. The smallest absolute Gasteiger partial charge is 0.323 e. The van der Waals surface area contributed by atoms with Crippen molar-refractivity contribution in [2.75, 3.05) is 12.4 Å². The molecule has 0 aliphatic rings. The Morgan fingerprint density at radius 2 is 1.90 bits per heavy atom. The number of methoxy groups -OCH3 is 1. The van der Waals surface area contributed by atoms with Crippen LogP contribution < -0.4 is 15.7 Å². The van der Waals surface area contributed by atoms with Gasteiger partial charge >= 0.3 is 5.69 Å². The zero-order valence-corrected chi connectivity index (χ0v) is 11.1. The summed E-state index contributed by atoms with van der Waals surface area (Å²) in [4.78, 5) is 16.7. The van der Waals surface area contributed by atoms with Gasteiger partial charge in [-0.1, -0.05) is 18.2 Å². The van der Waals surface area contributed by atoms with E-state index in [1.165, 1.54) is 0 Å². The number of ether oxygens (including phenoxy) is 1. The number of H-pyrrole nitrogens is 2. The molecule has 0 amide bonds. The Morgan fingerprint density at radius 1 is 1.10 bits per heavy atom. The second-order valence-corrected chi connectivity index (χ2v) is 4.50. The number of rotatable bonds is 4. The van der Waals surface area contributed by atoms with Crippen LogP contribution in [-0.4, -0.2) is 17.1 Å². The molecule has 0 aliphatic heterocycles. The highest BCUT2D eigenvalue weighted by Crippen LogP contribution is 2.20. The summed E-state index contributed by atoms with van der Waals surface area (Å²) in [6.07, 6.45) is 0. The van der Waals surface area contributed by atoms with Gasteiger partial charge in [-0.15, -0.1) is 0 Å². The van der Waals surface area contributed by atoms with Crippen molar-refractivity contribution in [1.82, 2.24) is 9.97 Å². The molecule has 0 unspecified atom stereocenters. The predicted molar refractivity (Wildman–Crippen MR) is 79.2 cm³/mol. The van der Waals surface area contributed by atoms with Gasteiger partial charge in [-0.25, -0.2) is 4.79 Å². The summed E-state index contributed by atoms with van der Waals surface area (Å²) in [5.41, 5.74) is 3.43. The van der Waals surface area contributed by atoms with Crippen LogP contribution in [0.3, 0.4) is 0 Å². The van der Waals surface area contributed by atoms with Crippen LogP contribution in [-0.2, 0) is 6.54 Å². The third-order valence-electron chi connectivity index (χ3n) is 3.19. The standard InChI is InChI=1S/C15H15N3O2/c1-20-14-5-3-2-4-10(14)9-16-11-6-7-12-13(8-11)18-15(19)17-12/h2-8,16H,9H2,1H3,(H2,17,18,19). The zero-order valence-electron chi connectivity index (χ0n) is 11.1. The molecule has 0 fully saturated rings. The van der Waals surface area contributed by atoms with Gasteiger partial charge in [0, 0.05) is 17.8 Å². The number of benzene rings is 2. The van der Waals surface area contributed by atoms with Gasteiger partial charge in [0.05, 0.1) is 18.1 Å². The molecule has 0 atom stereocenters. The second-order valence-electron chi connectivity index (χ2n) is 4.50. The average molecular weight is 269 g/mol. The van der Waals surface area contributed by atoms with Gasteiger partial charge in [-0.3, -0.25) is 0 Å². The molecule has 0 radical (unpaired) electrons. The SMILES string of the molecule is COc1ccccc1CNc1ccc2[nH]c(=O)[nH]c2c1. The monoisotopic (exact) mass is 269 g/mol. The van der Waals surface area contributed by atoms with Gasteiger partial charge < -0.3 is 20.0 Å². The van der Waals surface area contributed by atoms with Gasteiger partial charge in [0.1, 0.15) is 5.75 Å². The van der Waals surface area contributed by atoms with Crippen molar-refractivity contribution in [3.8, 4) is 5.75 Å². The molecular weight excluding hydrogens is 254 g/mol. The lowest BCUT2D eigenvalue weighted by Gasteiger charge is -2.10. The molecule has 0 saturated heterocycles. The van der Waals surface area contributed by atoms with Gasteiger partial charge in [0.25, 0.3) is 0 Å². The Morgan fingerprint density at radius 3 is 2.75 bits per heavy atom. The first-order valence-corrected chi connectivity index (χ1v) is 6.34. The average Bonchev–Trinajstić information content (AvgIpc) is 2.84. The van der Waals surface area contributed by atoms with E-state index in [1.807, 2.05) is 42.5 Å². The molecule has 3 N–H and O–H groups in total. The summed E-state index contributed by atoms with van der Waals surface area (Å²) in [7, 11) is 1.66. The van der Waals surface area contributed by atoms with Crippen molar-refractivity contribution in [2.45, 2.75) is 6.54 Å². The topological polar surface area (TPSA) is 69.9 Å². The van der Waals surface area contributed by atoms with Crippen LogP contribution in [0.25, 0.3) is 11.0 Å². The van der Waals surface area contributed by atoms with E-state index in [2.05, 4.69) is 15.3 Å². The summed E-state index contributed by atoms with van der Waals surface area (Å²) < 4.78 is 5.31. The van der Waals surface area contributed by atoms with Crippen LogP contribution in [0.2, 0.25) is 0 Å². The van der Waals surface area contributed by atoms with E-state index in [-0.39, 0.29) is 5.69 Å². The summed E-state index contributed by atoms with van der Waals surface area (Å²) in [5.74, 6) is 0.858. The number of aromatic nitrogens is 2. The van der Waals surface area contributed by atoms with Crippen molar-refractivity contribution in [1.29, 1.82) is 0 Å². The highest BCUT2D eigenvalue weighted by atomic mass is 16.5. The lowest BCUT2D eigenvalue weighted by molar-refractivity contribution is 0.410. The minimum absolute atomic E-state index is 0.193. The molecule has 5 nitrogen and oxygen atoms in total. The van der Waals surface area contributed by atoms with E-state index in [4.69, 9.17) is 4.74 Å². The molecule has 0 saturated carbocycles. The van der Waals surface area contributed by atoms with E-state index in [0.717, 1.165) is 28.0 Å². The first kappa shape index (κ1) is 12.3. The Balaban J connectivity index is 1.81. The summed E-state index contributed by atoms with van der Waals surface area (Å²) in [6.45, 7) is 0.657.